The van der Waals surface area contributed by atoms with E-state index in [9.17, 15) is 21.6 Å². The van der Waals surface area contributed by atoms with Crippen molar-refractivity contribution >= 4 is 10.2 Å². The number of nitrogens with one attached hydrogen (secondary N) is 1. The van der Waals surface area contributed by atoms with E-state index in [1.807, 2.05) is 0 Å². The Morgan fingerprint density at radius 2 is 1.90 bits per heavy atom. The third-order valence-corrected chi connectivity index (χ3v) is 4.66. The van der Waals surface area contributed by atoms with Crippen molar-refractivity contribution in [2.75, 3.05) is 39.4 Å². The van der Waals surface area contributed by atoms with Gasteiger partial charge in [-0.1, -0.05) is 0 Å². The molecule has 3 N–H and O–H groups in total. The maximum atomic E-state index is 11.8. The van der Waals surface area contributed by atoms with Gasteiger partial charge in [0, 0.05) is 19.6 Å². The highest BCUT2D eigenvalue weighted by atomic mass is 32.2. The molecule has 20 heavy (non-hydrogen) atoms. The maximum Gasteiger partial charge on any atom is 0.411 e. The quantitative estimate of drug-likeness (QED) is 0.651. The van der Waals surface area contributed by atoms with Crippen LogP contribution in [-0.2, 0) is 14.9 Å². The van der Waals surface area contributed by atoms with Crippen LogP contribution in [0.5, 0.6) is 0 Å². The lowest BCUT2D eigenvalue weighted by Crippen LogP contribution is -2.46. The molecule has 10 heteroatoms. The van der Waals surface area contributed by atoms with Crippen molar-refractivity contribution in [1.82, 2.24) is 9.03 Å². The fourth-order valence-corrected chi connectivity index (χ4v) is 3.12. The molecule has 0 bridgehead atoms. The summed E-state index contributed by atoms with van der Waals surface area (Å²) in [4.78, 5) is 0. The molecule has 0 amide bonds. The van der Waals surface area contributed by atoms with Gasteiger partial charge < -0.3 is 10.5 Å². The first kappa shape index (κ1) is 17.6. The van der Waals surface area contributed by atoms with E-state index >= 15 is 0 Å². The molecule has 1 saturated heterocycles. The Balaban J connectivity index is 2.25. The molecule has 1 aliphatic heterocycles. The van der Waals surface area contributed by atoms with Crippen LogP contribution in [-0.4, -0.2) is 58.3 Å². The highest BCUT2D eigenvalue weighted by Gasteiger charge is 2.28. The molecule has 1 rings (SSSR count). The standard InChI is InChI=1S/C10H20F3N3O3S/c11-10(12,13)8-19-6-3-15-20(17,18)16-4-1-9(7-14)2-5-16/h9,15H,1-8,14H2. The van der Waals surface area contributed by atoms with Crippen LogP contribution in [0, 0.1) is 5.92 Å². The van der Waals surface area contributed by atoms with E-state index in [2.05, 4.69) is 9.46 Å². The SMILES string of the molecule is NCC1CCN(S(=O)(=O)NCCOCC(F)(F)F)CC1. The number of piperidine rings is 1. The number of alkyl halides is 3. The van der Waals surface area contributed by atoms with Crippen LogP contribution in [0.15, 0.2) is 0 Å². The smallest absolute Gasteiger partial charge is 0.371 e. The average Bonchev–Trinajstić information content (AvgIpc) is 2.37. The zero-order valence-corrected chi connectivity index (χ0v) is 11.8. The Morgan fingerprint density at radius 3 is 2.40 bits per heavy atom. The molecular weight excluding hydrogens is 299 g/mol. The number of hydrogen-bond acceptors (Lipinski definition) is 4. The van der Waals surface area contributed by atoms with E-state index in [-0.39, 0.29) is 13.2 Å². The van der Waals surface area contributed by atoms with Gasteiger partial charge >= 0.3 is 6.18 Å². The lowest BCUT2D eigenvalue weighted by atomic mass is 9.99. The average molecular weight is 319 g/mol. The number of rotatable bonds is 7. The molecule has 1 aliphatic rings. The van der Waals surface area contributed by atoms with Crippen molar-refractivity contribution in [3.05, 3.63) is 0 Å². The number of nitrogens with zero attached hydrogens (tertiary/aromatic N) is 1. The molecule has 0 aromatic rings. The largest absolute Gasteiger partial charge is 0.411 e. The minimum atomic E-state index is -4.40. The molecule has 0 saturated carbocycles. The molecule has 120 valence electrons. The van der Waals surface area contributed by atoms with Crippen LogP contribution in [0.2, 0.25) is 0 Å². The Morgan fingerprint density at radius 1 is 1.30 bits per heavy atom. The van der Waals surface area contributed by atoms with Crippen molar-refractivity contribution in [2.24, 2.45) is 11.7 Å². The van der Waals surface area contributed by atoms with Crippen molar-refractivity contribution in [3.8, 4) is 0 Å². The fourth-order valence-electron chi connectivity index (χ4n) is 1.91. The minimum absolute atomic E-state index is 0.185. The second-order valence-corrected chi connectivity index (χ2v) is 6.40. The molecular formula is C10H20F3N3O3S. The van der Waals surface area contributed by atoms with Gasteiger partial charge in [0.15, 0.2) is 0 Å². The third-order valence-electron chi connectivity index (χ3n) is 3.04. The first-order chi connectivity index (χ1) is 9.24. The molecule has 1 fully saturated rings. The maximum absolute atomic E-state index is 11.8. The van der Waals surface area contributed by atoms with E-state index in [1.165, 1.54) is 4.31 Å². The Bertz CT molecular complexity index is 381. The lowest BCUT2D eigenvalue weighted by molar-refractivity contribution is -0.173. The molecule has 1 heterocycles. The van der Waals surface area contributed by atoms with Gasteiger partial charge in [0.25, 0.3) is 10.2 Å². The minimum Gasteiger partial charge on any atom is -0.371 e. The number of halogens is 3. The van der Waals surface area contributed by atoms with Gasteiger partial charge in [-0.2, -0.15) is 30.6 Å². The van der Waals surface area contributed by atoms with Gasteiger partial charge in [0.05, 0.1) is 6.61 Å². The van der Waals surface area contributed by atoms with Crippen molar-refractivity contribution < 1.29 is 26.3 Å². The summed E-state index contributed by atoms with van der Waals surface area (Å²) in [6.07, 6.45) is -3.01. The second-order valence-electron chi connectivity index (χ2n) is 4.65. The topological polar surface area (TPSA) is 84.7 Å². The molecule has 0 spiro atoms. The van der Waals surface area contributed by atoms with Gasteiger partial charge in [-0.25, -0.2) is 0 Å². The van der Waals surface area contributed by atoms with Crippen LogP contribution in [0.25, 0.3) is 0 Å². The summed E-state index contributed by atoms with van der Waals surface area (Å²) in [5.41, 5.74) is 5.51. The van der Waals surface area contributed by atoms with Crippen LogP contribution in [0.3, 0.4) is 0 Å². The van der Waals surface area contributed by atoms with E-state index in [0.717, 1.165) is 0 Å². The van der Waals surface area contributed by atoms with Crippen molar-refractivity contribution in [2.45, 2.75) is 19.0 Å². The summed E-state index contributed by atoms with van der Waals surface area (Å²) in [5.74, 6) is 0.330. The first-order valence-electron chi connectivity index (χ1n) is 6.34. The predicted octanol–water partition coefficient (Wildman–Crippen LogP) is 0.0704. The number of ether oxygens (including phenoxy) is 1. The zero-order valence-electron chi connectivity index (χ0n) is 11.0. The van der Waals surface area contributed by atoms with Crippen LogP contribution >= 0.6 is 0 Å². The van der Waals surface area contributed by atoms with Crippen LogP contribution in [0.4, 0.5) is 13.2 Å². The monoisotopic (exact) mass is 319 g/mol. The molecule has 0 atom stereocenters. The molecule has 0 unspecified atom stereocenters. The molecule has 0 radical (unpaired) electrons. The summed E-state index contributed by atoms with van der Waals surface area (Å²) < 4.78 is 66.9. The summed E-state index contributed by atoms with van der Waals surface area (Å²) in [6, 6.07) is 0. The van der Waals surface area contributed by atoms with Crippen LogP contribution in [0.1, 0.15) is 12.8 Å². The Labute approximate surface area is 116 Å². The van der Waals surface area contributed by atoms with Gasteiger partial charge in [0.1, 0.15) is 6.61 Å². The van der Waals surface area contributed by atoms with Gasteiger partial charge in [-0.3, -0.25) is 0 Å². The highest BCUT2D eigenvalue weighted by Crippen LogP contribution is 2.17. The normalized spacial score (nSPS) is 19.4. The summed E-state index contributed by atoms with van der Waals surface area (Å²) >= 11 is 0. The van der Waals surface area contributed by atoms with E-state index in [4.69, 9.17) is 5.73 Å². The predicted molar refractivity (Wildman–Crippen MR) is 67.1 cm³/mol. The van der Waals surface area contributed by atoms with Gasteiger partial charge in [-0.15, -0.1) is 0 Å². The highest BCUT2D eigenvalue weighted by molar-refractivity contribution is 7.87. The first-order valence-corrected chi connectivity index (χ1v) is 7.78. The molecule has 0 aromatic carbocycles. The van der Waals surface area contributed by atoms with Crippen molar-refractivity contribution in [1.29, 1.82) is 0 Å². The van der Waals surface area contributed by atoms with E-state index < -0.39 is 23.0 Å². The fraction of sp³-hybridized carbons (Fsp3) is 1.00. The second kappa shape index (κ2) is 7.55. The lowest BCUT2D eigenvalue weighted by Gasteiger charge is -2.30. The van der Waals surface area contributed by atoms with Gasteiger partial charge in [0.2, 0.25) is 0 Å². The third kappa shape index (κ3) is 6.35. The van der Waals surface area contributed by atoms with E-state index in [1.54, 1.807) is 0 Å². The summed E-state index contributed by atoms with van der Waals surface area (Å²) in [5, 5.41) is 0. The van der Waals surface area contributed by atoms with Gasteiger partial charge in [-0.05, 0) is 25.3 Å². The molecule has 0 aromatic heterocycles. The number of nitrogens with two attached hydrogens (primary N) is 1. The zero-order chi connectivity index (χ0) is 15.2. The Hall–Kier alpha value is -0.420. The summed E-state index contributed by atoms with van der Waals surface area (Å²) in [7, 11) is -3.65. The number of hydrogen-bond donors (Lipinski definition) is 2. The van der Waals surface area contributed by atoms with Crippen LogP contribution < -0.4 is 10.5 Å². The Kier molecular flexibility index (Phi) is 6.65. The molecule has 0 aliphatic carbocycles. The van der Waals surface area contributed by atoms with Crippen molar-refractivity contribution in [3.63, 3.8) is 0 Å². The summed E-state index contributed by atoms with van der Waals surface area (Å²) in [6.45, 7) is -0.600. The molecule has 6 nitrogen and oxygen atoms in total. The van der Waals surface area contributed by atoms with E-state index in [0.29, 0.717) is 38.4 Å².